The Bertz CT molecular complexity index is 577. The van der Waals surface area contributed by atoms with Crippen LogP contribution in [-0.2, 0) is 0 Å². The molecule has 0 radical (unpaired) electrons. The number of hydrogen-bond donors (Lipinski definition) is 1. The smallest absolute Gasteiger partial charge is 0.289 e. The molecule has 4 nitrogen and oxygen atoms in total. The first kappa shape index (κ1) is 14.3. The molecule has 2 rings (SSSR count). The monoisotopic (exact) mass is 277 g/mol. The molecule has 1 N–H and O–H groups in total. The summed E-state index contributed by atoms with van der Waals surface area (Å²) in [6, 6.07) is 9.11. The second-order valence-corrected chi connectivity index (χ2v) is 4.28. The number of likely N-dealkylation sites (N-methyl/N-ethyl adjacent to an activating group) is 1. The molecular formula is C15H16FNO3. The Morgan fingerprint density at radius 1 is 1.25 bits per heavy atom. The van der Waals surface area contributed by atoms with Crippen molar-refractivity contribution < 1.29 is 18.7 Å². The van der Waals surface area contributed by atoms with E-state index in [-0.39, 0.29) is 30.6 Å². The molecule has 1 aromatic heterocycles. The van der Waals surface area contributed by atoms with Crippen LogP contribution in [0.3, 0.4) is 0 Å². The van der Waals surface area contributed by atoms with Crippen LogP contribution in [0.15, 0.2) is 40.8 Å². The summed E-state index contributed by atoms with van der Waals surface area (Å²) in [6.07, 6.45) is 0. The Morgan fingerprint density at radius 2 is 1.95 bits per heavy atom. The highest BCUT2D eigenvalue weighted by Crippen LogP contribution is 2.23. The summed E-state index contributed by atoms with van der Waals surface area (Å²) in [5, 5.41) is 8.91. The summed E-state index contributed by atoms with van der Waals surface area (Å²) in [4.78, 5) is 13.6. The fourth-order valence-electron chi connectivity index (χ4n) is 1.90. The standard InChI is InChI=1S/C15H16FNO3/c1-2-17(9-10-18)15(19)14-8-7-13(20-14)11-3-5-12(16)6-4-11/h3-8,18H,2,9-10H2,1H3. The van der Waals surface area contributed by atoms with E-state index in [2.05, 4.69) is 0 Å². The van der Waals surface area contributed by atoms with Crippen LogP contribution in [0.25, 0.3) is 11.3 Å². The lowest BCUT2D eigenvalue weighted by Crippen LogP contribution is -2.33. The van der Waals surface area contributed by atoms with Crippen molar-refractivity contribution in [1.82, 2.24) is 4.90 Å². The third-order valence-corrected chi connectivity index (χ3v) is 2.98. The quantitative estimate of drug-likeness (QED) is 0.913. The number of amides is 1. The van der Waals surface area contributed by atoms with Crippen molar-refractivity contribution in [2.75, 3.05) is 19.7 Å². The van der Waals surface area contributed by atoms with Crippen LogP contribution in [0.5, 0.6) is 0 Å². The van der Waals surface area contributed by atoms with Crippen LogP contribution in [0.1, 0.15) is 17.5 Å². The predicted molar refractivity (Wildman–Crippen MR) is 72.8 cm³/mol. The number of hydrogen-bond acceptors (Lipinski definition) is 3. The summed E-state index contributed by atoms with van der Waals surface area (Å²) < 4.78 is 18.4. The number of aliphatic hydroxyl groups excluding tert-OH is 1. The van der Waals surface area contributed by atoms with Crippen LogP contribution in [0, 0.1) is 5.82 Å². The molecule has 0 bridgehead atoms. The molecule has 0 saturated heterocycles. The zero-order valence-corrected chi connectivity index (χ0v) is 11.2. The highest BCUT2D eigenvalue weighted by molar-refractivity contribution is 5.92. The number of nitrogens with zero attached hydrogens (tertiary/aromatic N) is 1. The molecule has 0 atom stereocenters. The molecule has 0 saturated carbocycles. The average molecular weight is 277 g/mol. The van der Waals surface area contributed by atoms with Gasteiger partial charge in [-0.25, -0.2) is 4.39 Å². The maximum absolute atomic E-state index is 12.9. The van der Waals surface area contributed by atoms with Crippen molar-refractivity contribution in [2.24, 2.45) is 0 Å². The second kappa shape index (κ2) is 6.34. The van der Waals surface area contributed by atoms with Crippen molar-refractivity contribution in [3.63, 3.8) is 0 Å². The maximum Gasteiger partial charge on any atom is 0.289 e. The third kappa shape index (κ3) is 3.05. The molecule has 1 heterocycles. The van der Waals surface area contributed by atoms with E-state index >= 15 is 0 Å². The van der Waals surface area contributed by atoms with Gasteiger partial charge in [0, 0.05) is 18.7 Å². The first-order chi connectivity index (χ1) is 9.65. The van der Waals surface area contributed by atoms with E-state index in [9.17, 15) is 9.18 Å². The highest BCUT2D eigenvalue weighted by atomic mass is 19.1. The number of aliphatic hydroxyl groups is 1. The van der Waals surface area contributed by atoms with Gasteiger partial charge < -0.3 is 14.4 Å². The van der Waals surface area contributed by atoms with E-state index in [1.54, 1.807) is 24.3 Å². The molecule has 5 heteroatoms. The first-order valence-electron chi connectivity index (χ1n) is 6.41. The lowest BCUT2D eigenvalue weighted by atomic mass is 10.2. The summed E-state index contributed by atoms with van der Waals surface area (Å²) in [6.45, 7) is 2.50. The Kier molecular flexibility index (Phi) is 4.53. The number of rotatable bonds is 5. The zero-order valence-electron chi connectivity index (χ0n) is 11.2. The van der Waals surface area contributed by atoms with Gasteiger partial charge in [0.2, 0.25) is 0 Å². The van der Waals surface area contributed by atoms with E-state index in [1.807, 2.05) is 6.92 Å². The van der Waals surface area contributed by atoms with Gasteiger partial charge in [0.15, 0.2) is 5.76 Å². The minimum atomic E-state index is -0.322. The molecule has 2 aromatic rings. The van der Waals surface area contributed by atoms with Crippen molar-refractivity contribution >= 4 is 5.91 Å². The van der Waals surface area contributed by atoms with Gasteiger partial charge in [-0.05, 0) is 43.3 Å². The molecular weight excluding hydrogens is 261 g/mol. The van der Waals surface area contributed by atoms with Gasteiger partial charge in [-0.3, -0.25) is 4.79 Å². The molecule has 20 heavy (non-hydrogen) atoms. The lowest BCUT2D eigenvalue weighted by molar-refractivity contribution is 0.0701. The summed E-state index contributed by atoms with van der Waals surface area (Å²) in [5.74, 6) is 0.125. The molecule has 106 valence electrons. The Morgan fingerprint density at radius 3 is 2.55 bits per heavy atom. The van der Waals surface area contributed by atoms with E-state index in [0.717, 1.165) is 0 Å². The molecule has 1 aromatic carbocycles. The largest absolute Gasteiger partial charge is 0.451 e. The van der Waals surface area contributed by atoms with Crippen LogP contribution < -0.4 is 0 Å². The van der Waals surface area contributed by atoms with Gasteiger partial charge >= 0.3 is 0 Å². The second-order valence-electron chi connectivity index (χ2n) is 4.28. The number of halogens is 1. The average Bonchev–Trinajstić information content (AvgIpc) is 2.94. The van der Waals surface area contributed by atoms with E-state index < -0.39 is 0 Å². The Hall–Kier alpha value is -2.14. The molecule has 0 aliphatic heterocycles. The SMILES string of the molecule is CCN(CCO)C(=O)c1ccc(-c2ccc(F)cc2)o1. The normalized spacial score (nSPS) is 10.6. The summed E-state index contributed by atoms with van der Waals surface area (Å²) in [5.41, 5.74) is 0.704. The highest BCUT2D eigenvalue weighted by Gasteiger charge is 2.17. The summed E-state index contributed by atoms with van der Waals surface area (Å²) >= 11 is 0. The minimum absolute atomic E-state index is 0.0922. The lowest BCUT2D eigenvalue weighted by Gasteiger charge is -2.17. The summed E-state index contributed by atoms with van der Waals surface area (Å²) in [7, 11) is 0. The van der Waals surface area contributed by atoms with Gasteiger partial charge in [0.1, 0.15) is 11.6 Å². The van der Waals surface area contributed by atoms with E-state index in [0.29, 0.717) is 17.9 Å². The number of carbonyl (C=O) groups excluding carboxylic acids is 1. The van der Waals surface area contributed by atoms with Crippen molar-refractivity contribution in [3.8, 4) is 11.3 Å². The Balaban J connectivity index is 2.20. The van der Waals surface area contributed by atoms with Crippen molar-refractivity contribution in [3.05, 3.63) is 48.0 Å². The van der Waals surface area contributed by atoms with E-state index in [1.165, 1.54) is 17.0 Å². The van der Waals surface area contributed by atoms with Crippen LogP contribution >= 0.6 is 0 Å². The van der Waals surface area contributed by atoms with Gasteiger partial charge in [-0.2, -0.15) is 0 Å². The number of carbonyl (C=O) groups is 1. The first-order valence-corrected chi connectivity index (χ1v) is 6.41. The van der Waals surface area contributed by atoms with Gasteiger partial charge in [0.05, 0.1) is 6.61 Å². The molecule has 0 unspecified atom stereocenters. The van der Waals surface area contributed by atoms with Gasteiger partial charge in [0.25, 0.3) is 5.91 Å². The number of benzene rings is 1. The minimum Gasteiger partial charge on any atom is -0.451 e. The van der Waals surface area contributed by atoms with E-state index in [4.69, 9.17) is 9.52 Å². The zero-order chi connectivity index (χ0) is 14.5. The van der Waals surface area contributed by atoms with Gasteiger partial charge in [-0.1, -0.05) is 0 Å². The van der Waals surface area contributed by atoms with Crippen molar-refractivity contribution in [2.45, 2.75) is 6.92 Å². The van der Waals surface area contributed by atoms with Crippen LogP contribution in [0.2, 0.25) is 0 Å². The molecule has 0 spiro atoms. The third-order valence-electron chi connectivity index (χ3n) is 2.98. The fraction of sp³-hybridized carbons (Fsp3) is 0.267. The molecule has 0 fully saturated rings. The fourth-order valence-corrected chi connectivity index (χ4v) is 1.90. The van der Waals surface area contributed by atoms with Crippen molar-refractivity contribution in [1.29, 1.82) is 0 Å². The van der Waals surface area contributed by atoms with Crippen LogP contribution in [0.4, 0.5) is 4.39 Å². The number of furan rings is 1. The molecule has 0 aliphatic rings. The molecule has 0 aliphatic carbocycles. The van der Waals surface area contributed by atoms with Crippen LogP contribution in [-0.4, -0.2) is 35.6 Å². The van der Waals surface area contributed by atoms with Gasteiger partial charge in [-0.15, -0.1) is 0 Å². The predicted octanol–water partition coefficient (Wildman–Crippen LogP) is 2.54. The topological polar surface area (TPSA) is 53.7 Å². The maximum atomic E-state index is 12.9. The Labute approximate surface area is 116 Å². The molecule has 1 amide bonds.